The molecule has 5 nitrogen and oxygen atoms in total. The van der Waals surface area contributed by atoms with Crippen LogP contribution in [0.4, 0.5) is 11.5 Å². The summed E-state index contributed by atoms with van der Waals surface area (Å²) in [6.07, 6.45) is 2.34. The Bertz CT molecular complexity index is 1130. The summed E-state index contributed by atoms with van der Waals surface area (Å²) in [6, 6.07) is 22.6. The highest BCUT2D eigenvalue weighted by Gasteiger charge is 2.29. The predicted molar refractivity (Wildman–Crippen MR) is 112 cm³/mol. The SMILES string of the molecule is N#Cc1ccccc1CCC(=O)C1=C(O)c2cccnc2N(c2ccccc2)C1. The highest BCUT2D eigenvalue weighted by Crippen LogP contribution is 2.36. The topological polar surface area (TPSA) is 77.2 Å². The molecule has 1 aromatic heterocycles. The van der Waals surface area contributed by atoms with Crippen molar-refractivity contribution < 1.29 is 9.90 Å². The summed E-state index contributed by atoms with van der Waals surface area (Å²) in [7, 11) is 0. The minimum atomic E-state index is -0.134. The summed E-state index contributed by atoms with van der Waals surface area (Å²) in [5, 5.41) is 20.0. The summed E-state index contributed by atoms with van der Waals surface area (Å²) in [6.45, 7) is 0.249. The second kappa shape index (κ2) is 7.99. The number of hydrogen-bond donors (Lipinski definition) is 1. The van der Waals surface area contributed by atoms with E-state index < -0.39 is 0 Å². The fraction of sp³-hybridized carbons (Fsp3) is 0.125. The molecular weight excluding hydrogens is 362 g/mol. The summed E-state index contributed by atoms with van der Waals surface area (Å²) in [4.78, 5) is 19.4. The van der Waals surface area contributed by atoms with E-state index in [4.69, 9.17) is 0 Å². The summed E-state index contributed by atoms with van der Waals surface area (Å²) in [5.74, 6) is 0.479. The van der Waals surface area contributed by atoms with Gasteiger partial charge in [0.15, 0.2) is 5.78 Å². The minimum Gasteiger partial charge on any atom is -0.507 e. The summed E-state index contributed by atoms with van der Waals surface area (Å²) >= 11 is 0. The first-order valence-electron chi connectivity index (χ1n) is 9.40. The fourth-order valence-corrected chi connectivity index (χ4v) is 3.56. The van der Waals surface area contributed by atoms with Gasteiger partial charge >= 0.3 is 0 Å². The Morgan fingerprint density at radius 2 is 1.83 bits per heavy atom. The van der Waals surface area contributed by atoms with Crippen molar-refractivity contribution in [2.24, 2.45) is 0 Å². The molecule has 0 atom stereocenters. The number of nitriles is 1. The van der Waals surface area contributed by atoms with Crippen LogP contribution >= 0.6 is 0 Å². The number of para-hydroxylation sites is 1. The van der Waals surface area contributed by atoms with Gasteiger partial charge in [0.05, 0.1) is 29.3 Å². The minimum absolute atomic E-state index is 0.0150. The average Bonchev–Trinajstić information content (AvgIpc) is 2.78. The zero-order valence-corrected chi connectivity index (χ0v) is 15.7. The van der Waals surface area contributed by atoms with E-state index in [1.54, 1.807) is 30.5 Å². The van der Waals surface area contributed by atoms with Crippen molar-refractivity contribution in [1.82, 2.24) is 4.98 Å². The van der Waals surface area contributed by atoms with Crippen molar-refractivity contribution in [2.75, 3.05) is 11.4 Å². The molecular formula is C24H19N3O2. The first-order valence-corrected chi connectivity index (χ1v) is 9.40. The number of hydrogen-bond acceptors (Lipinski definition) is 5. The van der Waals surface area contributed by atoms with Crippen molar-refractivity contribution in [2.45, 2.75) is 12.8 Å². The molecule has 0 spiro atoms. The zero-order valence-electron chi connectivity index (χ0n) is 15.7. The van der Waals surface area contributed by atoms with E-state index in [0.29, 0.717) is 28.9 Å². The van der Waals surface area contributed by atoms with Crippen molar-refractivity contribution in [3.05, 3.63) is 95.2 Å². The van der Waals surface area contributed by atoms with E-state index in [0.717, 1.165) is 11.3 Å². The Morgan fingerprint density at radius 1 is 1.07 bits per heavy atom. The lowest BCUT2D eigenvalue weighted by atomic mass is 9.95. The number of carbonyl (C=O) groups excluding carboxylic acids is 1. The lowest BCUT2D eigenvalue weighted by Gasteiger charge is -2.31. The summed E-state index contributed by atoms with van der Waals surface area (Å²) in [5.41, 5.74) is 3.22. The highest BCUT2D eigenvalue weighted by molar-refractivity contribution is 6.05. The third-order valence-corrected chi connectivity index (χ3v) is 5.06. The van der Waals surface area contributed by atoms with Gasteiger partial charge in [0.25, 0.3) is 0 Å². The largest absolute Gasteiger partial charge is 0.507 e. The number of fused-ring (bicyclic) bond motifs is 1. The maximum atomic E-state index is 13.0. The monoisotopic (exact) mass is 381 g/mol. The van der Waals surface area contributed by atoms with Crippen LogP contribution in [0.15, 0.2) is 78.5 Å². The predicted octanol–water partition coefficient (Wildman–Crippen LogP) is 4.58. The van der Waals surface area contributed by atoms with Gasteiger partial charge in [0.1, 0.15) is 11.6 Å². The van der Waals surface area contributed by atoms with Gasteiger partial charge in [0.2, 0.25) is 0 Å². The molecule has 0 saturated carbocycles. The van der Waals surface area contributed by atoms with Gasteiger partial charge in [-0.15, -0.1) is 0 Å². The molecule has 4 rings (SSSR count). The number of aryl methyl sites for hydroxylation is 1. The Balaban J connectivity index is 1.64. The second-order valence-corrected chi connectivity index (χ2v) is 6.82. The van der Waals surface area contributed by atoms with Crippen LogP contribution in [0.25, 0.3) is 5.76 Å². The van der Waals surface area contributed by atoms with Crippen LogP contribution < -0.4 is 4.90 Å². The van der Waals surface area contributed by atoms with Gasteiger partial charge < -0.3 is 10.0 Å². The molecule has 1 aliphatic heterocycles. The molecule has 1 N–H and O–H groups in total. The molecule has 0 fully saturated rings. The fourth-order valence-electron chi connectivity index (χ4n) is 3.56. The third-order valence-electron chi connectivity index (χ3n) is 5.06. The van der Waals surface area contributed by atoms with Gasteiger partial charge in [-0.2, -0.15) is 5.26 Å². The standard InChI is InChI=1S/C24H19N3O2/c25-15-18-8-5-4-7-17(18)12-13-22(28)21-16-27(19-9-2-1-3-10-19)24-20(23(21)29)11-6-14-26-24/h1-11,14,29H,12-13,16H2. The van der Waals surface area contributed by atoms with Crippen LogP contribution in [-0.4, -0.2) is 22.4 Å². The summed E-state index contributed by atoms with van der Waals surface area (Å²) < 4.78 is 0. The van der Waals surface area contributed by atoms with E-state index in [1.807, 2.05) is 47.4 Å². The third kappa shape index (κ3) is 3.61. The highest BCUT2D eigenvalue weighted by atomic mass is 16.3. The van der Waals surface area contributed by atoms with Gasteiger partial charge in [-0.25, -0.2) is 4.98 Å². The Hall–Kier alpha value is -3.91. The first kappa shape index (κ1) is 18.5. The molecule has 0 bridgehead atoms. The number of carbonyl (C=O) groups is 1. The van der Waals surface area contributed by atoms with Gasteiger partial charge in [-0.05, 0) is 42.3 Å². The molecule has 0 saturated heterocycles. The molecule has 142 valence electrons. The number of ketones is 1. The molecule has 0 unspecified atom stereocenters. The van der Waals surface area contributed by atoms with Crippen LogP contribution in [0.2, 0.25) is 0 Å². The molecule has 2 heterocycles. The number of rotatable bonds is 5. The van der Waals surface area contributed by atoms with E-state index in [9.17, 15) is 15.2 Å². The van der Waals surface area contributed by atoms with E-state index in [1.165, 1.54) is 0 Å². The zero-order chi connectivity index (χ0) is 20.2. The maximum absolute atomic E-state index is 13.0. The molecule has 0 amide bonds. The van der Waals surface area contributed by atoms with Crippen LogP contribution in [0.3, 0.4) is 0 Å². The van der Waals surface area contributed by atoms with Crippen molar-refractivity contribution >= 4 is 23.0 Å². The van der Waals surface area contributed by atoms with E-state index >= 15 is 0 Å². The normalized spacial score (nSPS) is 13.0. The molecule has 1 aliphatic rings. The average molecular weight is 381 g/mol. The number of aromatic nitrogens is 1. The van der Waals surface area contributed by atoms with Crippen LogP contribution in [0.1, 0.15) is 23.1 Å². The van der Waals surface area contributed by atoms with E-state index in [2.05, 4.69) is 11.1 Å². The quantitative estimate of drug-likeness (QED) is 0.700. The number of nitrogens with zero attached hydrogens (tertiary/aromatic N) is 3. The molecule has 0 aliphatic carbocycles. The van der Waals surface area contributed by atoms with Crippen LogP contribution in [-0.2, 0) is 11.2 Å². The maximum Gasteiger partial charge on any atom is 0.164 e. The smallest absolute Gasteiger partial charge is 0.164 e. The van der Waals surface area contributed by atoms with Crippen LogP contribution in [0, 0.1) is 11.3 Å². The van der Waals surface area contributed by atoms with Crippen molar-refractivity contribution in [3.8, 4) is 6.07 Å². The molecule has 5 heteroatoms. The number of aliphatic hydroxyl groups is 1. The lowest BCUT2D eigenvalue weighted by Crippen LogP contribution is -2.30. The number of Topliss-reactive ketones (excluding diaryl/α,β-unsaturated/α-hetero) is 1. The number of benzene rings is 2. The molecule has 2 aromatic carbocycles. The Morgan fingerprint density at radius 3 is 2.62 bits per heavy atom. The van der Waals surface area contributed by atoms with Gasteiger partial charge in [0, 0.05) is 18.3 Å². The van der Waals surface area contributed by atoms with Gasteiger partial charge in [-0.1, -0.05) is 36.4 Å². The molecule has 0 radical (unpaired) electrons. The Labute approximate surface area is 169 Å². The van der Waals surface area contributed by atoms with Crippen molar-refractivity contribution in [1.29, 1.82) is 5.26 Å². The number of aliphatic hydroxyl groups excluding tert-OH is 1. The van der Waals surface area contributed by atoms with Crippen LogP contribution in [0.5, 0.6) is 0 Å². The van der Waals surface area contributed by atoms with E-state index in [-0.39, 0.29) is 24.5 Å². The first-order chi connectivity index (χ1) is 14.2. The number of anilines is 2. The van der Waals surface area contributed by atoms with Crippen molar-refractivity contribution in [3.63, 3.8) is 0 Å². The lowest BCUT2D eigenvalue weighted by molar-refractivity contribution is -0.115. The second-order valence-electron chi connectivity index (χ2n) is 6.82. The molecule has 29 heavy (non-hydrogen) atoms. The van der Waals surface area contributed by atoms with Gasteiger partial charge in [-0.3, -0.25) is 4.79 Å². The number of pyridine rings is 1. The molecule has 3 aromatic rings. The Kier molecular flexibility index (Phi) is 5.08.